The highest BCUT2D eigenvalue weighted by atomic mass is 16.5. The van der Waals surface area contributed by atoms with Crippen LogP contribution in [0.1, 0.15) is 5.69 Å². The molecule has 19 heavy (non-hydrogen) atoms. The zero-order chi connectivity index (χ0) is 13.7. The van der Waals surface area contributed by atoms with Crippen LogP contribution >= 0.6 is 0 Å². The first kappa shape index (κ1) is 12.7. The Kier molecular flexibility index (Phi) is 3.84. The fourth-order valence-electron chi connectivity index (χ4n) is 1.75. The van der Waals surface area contributed by atoms with Gasteiger partial charge >= 0.3 is 0 Å². The summed E-state index contributed by atoms with van der Waals surface area (Å²) >= 11 is 0. The molecule has 2 aromatic rings. The number of hydrogen-bond acceptors (Lipinski definition) is 3. The molecule has 1 amide bonds. The molecule has 0 aliphatic rings. The molecule has 1 heterocycles. The Bertz CT molecular complexity index is 626. The number of nitrogens with one attached hydrogen (secondary N) is 1. The number of amides is 1. The summed E-state index contributed by atoms with van der Waals surface area (Å²) in [4.78, 5) is 11.9. The Morgan fingerprint density at radius 2 is 2.16 bits per heavy atom. The lowest BCUT2D eigenvalue weighted by atomic mass is 10.3. The minimum atomic E-state index is -0.211. The van der Waals surface area contributed by atoms with Gasteiger partial charge in [0.15, 0.2) is 0 Å². The second kappa shape index (κ2) is 5.74. The van der Waals surface area contributed by atoms with E-state index in [9.17, 15) is 4.79 Å². The summed E-state index contributed by atoms with van der Waals surface area (Å²) in [7, 11) is 1.55. The van der Waals surface area contributed by atoms with Crippen molar-refractivity contribution in [2.24, 2.45) is 0 Å². The van der Waals surface area contributed by atoms with E-state index in [-0.39, 0.29) is 12.5 Å². The van der Waals surface area contributed by atoms with Gasteiger partial charge in [-0.25, -0.2) is 0 Å². The fraction of sp³-hybridized carbons (Fsp3) is 0.143. The van der Waals surface area contributed by atoms with E-state index in [0.717, 1.165) is 0 Å². The largest absolute Gasteiger partial charge is 0.495 e. The molecule has 0 saturated heterocycles. The van der Waals surface area contributed by atoms with Crippen molar-refractivity contribution in [2.45, 2.75) is 6.54 Å². The molecule has 0 atom stereocenters. The Hall–Kier alpha value is -2.74. The number of methoxy groups -OCH3 is 1. The molecular formula is C14H13N3O2. The lowest BCUT2D eigenvalue weighted by molar-refractivity contribution is -0.116. The SMILES string of the molecule is COc1ccccc1NC(=O)Cn1cccc1C#N. The monoisotopic (exact) mass is 255 g/mol. The van der Waals surface area contributed by atoms with E-state index < -0.39 is 0 Å². The average molecular weight is 255 g/mol. The van der Waals surface area contributed by atoms with Gasteiger partial charge in [-0.2, -0.15) is 5.26 Å². The maximum absolute atomic E-state index is 11.9. The molecule has 0 fully saturated rings. The average Bonchev–Trinajstić information content (AvgIpc) is 2.86. The van der Waals surface area contributed by atoms with Gasteiger partial charge < -0.3 is 14.6 Å². The quantitative estimate of drug-likeness (QED) is 0.908. The van der Waals surface area contributed by atoms with Gasteiger partial charge in [-0.05, 0) is 24.3 Å². The maximum Gasteiger partial charge on any atom is 0.244 e. The zero-order valence-electron chi connectivity index (χ0n) is 10.5. The number of carbonyl (C=O) groups is 1. The highest BCUT2D eigenvalue weighted by Crippen LogP contribution is 2.22. The number of nitrogens with zero attached hydrogens (tertiary/aromatic N) is 2. The van der Waals surface area contributed by atoms with Crippen molar-refractivity contribution in [2.75, 3.05) is 12.4 Å². The number of nitriles is 1. The third-order valence-electron chi connectivity index (χ3n) is 2.64. The molecule has 0 aliphatic carbocycles. The highest BCUT2D eigenvalue weighted by Gasteiger charge is 2.09. The van der Waals surface area contributed by atoms with Crippen LogP contribution in [0.5, 0.6) is 5.75 Å². The van der Waals surface area contributed by atoms with Crippen LogP contribution < -0.4 is 10.1 Å². The summed E-state index contributed by atoms with van der Waals surface area (Å²) in [6.45, 7) is 0.0912. The van der Waals surface area contributed by atoms with Crippen LogP contribution in [0.4, 0.5) is 5.69 Å². The number of rotatable bonds is 4. The van der Waals surface area contributed by atoms with E-state index in [1.54, 1.807) is 42.1 Å². The number of hydrogen-bond donors (Lipinski definition) is 1. The first-order chi connectivity index (χ1) is 9.24. The van der Waals surface area contributed by atoms with Crippen LogP contribution in [0.15, 0.2) is 42.6 Å². The third kappa shape index (κ3) is 2.93. The molecular weight excluding hydrogens is 242 g/mol. The fourth-order valence-corrected chi connectivity index (χ4v) is 1.75. The smallest absolute Gasteiger partial charge is 0.244 e. The summed E-state index contributed by atoms with van der Waals surface area (Å²) in [5.74, 6) is 0.390. The minimum absolute atomic E-state index is 0.0912. The van der Waals surface area contributed by atoms with Crippen LogP contribution in [-0.4, -0.2) is 17.6 Å². The second-order valence-electron chi connectivity index (χ2n) is 3.88. The molecule has 1 aromatic carbocycles. The Balaban J connectivity index is 2.08. The van der Waals surface area contributed by atoms with Gasteiger partial charge in [-0.1, -0.05) is 12.1 Å². The summed E-state index contributed by atoms with van der Waals surface area (Å²) in [6.07, 6.45) is 1.69. The zero-order valence-corrected chi connectivity index (χ0v) is 10.5. The van der Waals surface area contributed by atoms with E-state index in [2.05, 4.69) is 5.32 Å². The summed E-state index contributed by atoms with van der Waals surface area (Å²) in [5.41, 5.74) is 1.07. The molecule has 0 aliphatic heterocycles. The number of ether oxygens (including phenoxy) is 1. The van der Waals surface area contributed by atoms with Crippen molar-refractivity contribution < 1.29 is 9.53 Å². The minimum Gasteiger partial charge on any atom is -0.495 e. The summed E-state index contributed by atoms with van der Waals surface area (Å²) in [6, 6.07) is 12.6. The van der Waals surface area contributed by atoms with Gasteiger partial charge in [-0.15, -0.1) is 0 Å². The Morgan fingerprint density at radius 1 is 1.37 bits per heavy atom. The van der Waals surface area contributed by atoms with E-state index in [0.29, 0.717) is 17.1 Å². The molecule has 0 unspecified atom stereocenters. The van der Waals surface area contributed by atoms with E-state index >= 15 is 0 Å². The van der Waals surface area contributed by atoms with E-state index in [1.807, 2.05) is 18.2 Å². The molecule has 5 heteroatoms. The molecule has 0 saturated carbocycles. The Morgan fingerprint density at radius 3 is 2.89 bits per heavy atom. The molecule has 96 valence electrons. The molecule has 5 nitrogen and oxygen atoms in total. The van der Waals surface area contributed by atoms with Crippen molar-refractivity contribution in [3.8, 4) is 11.8 Å². The lowest BCUT2D eigenvalue weighted by Gasteiger charge is -2.10. The predicted octanol–water partition coefficient (Wildman–Crippen LogP) is 2.01. The molecule has 2 rings (SSSR count). The summed E-state index contributed by atoms with van der Waals surface area (Å²) in [5, 5.41) is 11.6. The van der Waals surface area contributed by atoms with Gasteiger partial charge in [0.1, 0.15) is 24.1 Å². The van der Waals surface area contributed by atoms with E-state index in [4.69, 9.17) is 10.00 Å². The van der Waals surface area contributed by atoms with Gasteiger partial charge in [0, 0.05) is 6.20 Å². The van der Waals surface area contributed by atoms with Crippen LogP contribution in [0.2, 0.25) is 0 Å². The van der Waals surface area contributed by atoms with Gasteiger partial charge in [0.05, 0.1) is 12.8 Å². The standard InChI is InChI=1S/C14H13N3O2/c1-19-13-7-3-2-6-12(13)16-14(18)10-17-8-4-5-11(17)9-15/h2-8H,10H2,1H3,(H,16,18). The Labute approximate surface area is 111 Å². The van der Waals surface area contributed by atoms with Crippen molar-refractivity contribution >= 4 is 11.6 Å². The lowest BCUT2D eigenvalue weighted by Crippen LogP contribution is -2.19. The normalized spacial score (nSPS) is 9.68. The van der Waals surface area contributed by atoms with Gasteiger partial charge in [0.2, 0.25) is 5.91 Å². The first-order valence-electron chi connectivity index (χ1n) is 5.72. The van der Waals surface area contributed by atoms with Crippen molar-refractivity contribution in [3.63, 3.8) is 0 Å². The number of para-hydroxylation sites is 2. The maximum atomic E-state index is 11.9. The number of aromatic nitrogens is 1. The number of benzene rings is 1. The van der Waals surface area contributed by atoms with Crippen molar-refractivity contribution in [3.05, 3.63) is 48.3 Å². The molecule has 1 N–H and O–H groups in total. The molecule has 0 bridgehead atoms. The highest BCUT2D eigenvalue weighted by molar-refractivity contribution is 5.92. The molecule has 0 radical (unpaired) electrons. The second-order valence-corrected chi connectivity index (χ2v) is 3.88. The molecule has 0 spiro atoms. The van der Waals surface area contributed by atoms with Crippen LogP contribution in [0, 0.1) is 11.3 Å². The molecule has 1 aromatic heterocycles. The predicted molar refractivity (Wildman–Crippen MR) is 70.8 cm³/mol. The van der Waals surface area contributed by atoms with Crippen LogP contribution in [0.25, 0.3) is 0 Å². The summed E-state index contributed by atoms with van der Waals surface area (Å²) < 4.78 is 6.74. The van der Waals surface area contributed by atoms with Gasteiger partial charge in [-0.3, -0.25) is 4.79 Å². The van der Waals surface area contributed by atoms with Crippen LogP contribution in [-0.2, 0) is 11.3 Å². The van der Waals surface area contributed by atoms with Crippen LogP contribution in [0.3, 0.4) is 0 Å². The third-order valence-corrected chi connectivity index (χ3v) is 2.64. The number of anilines is 1. The van der Waals surface area contributed by atoms with Gasteiger partial charge in [0.25, 0.3) is 0 Å². The van der Waals surface area contributed by atoms with E-state index in [1.165, 1.54) is 0 Å². The topological polar surface area (TPSA) is 67.0 Å². The number of carbonyl (C=O) groups excluding carboxylic acids is 1. The van der Waals surface area contributed by atoms with Crippen molar-refractivity contribution in [1.82, 2.24) is 4.57 Å². The first-order valence-corrected chi connectivity index (χ1v) is 5.72. The van der Waals surface area contributed by atoms with Crippen molar-refractivity contribution in [1.29, 1.82) is 5.26 Å².